The van der Waals surface area contributed by atoms with E-state index in [0.29, 0.717) is 27.9 Å². The number of thioether (sulfide) groups is 1. The van der Waals surface area contributed by atoms with Crippen LogP contribution in [-0.2, 0) is 15.1 Å². The van der Waals surface area contributed by atoms with Crippen LogP contribution in [-0.4, -0.2) is 65.0 Å². The third kappa shape index (κ3) is 2.68. The molecule has 5 rings (SSSR count). The summed E-state index contributed by atoms with van der Waals surface area (Å²) in [5.41, 5.74) is 0.490. The van der Waals surface area contributed by atoms with E-state index in [2.05, 4.69) is 6.58 Å². The van der Waals surface area contributed by atoms with Gasteiger partial charge in [0, 0.05) is 37.3 Å². The number of fused-ring (bicyclic) bond motifs is 3. The molecule has 0 saturated carbocycles. The highest BCUT2D eigenvalue weighted by Crippen LogP contribution is 2.66. The molecule has 0 aliphatic carbocycles. The predicted octanol–water partition coefficient (Wildman–Crippen LogP) is 3.52. The van der Waals surface area contributed by atoms with Crippen molar-refractivity contribution in [3.8, 4) is 5.75 Å². The molecular formula is C25H24FN3O3S2. The van der Waals surface area contributed by atoms with Crippen molar-refractivity contribution in [1.29, 1.82) is 0 Å². The molecular weight excluding hydrogens is 473 g/mol. The van der Waals surface area contributed by atoms with E-state index in [9.17, 15) is 14.0 Å². The lowest BCUT2D eigenvalue weighted by Crippen LogP contribution is -2.62. The monoisotopic (exact) mass is 497 g/mol. The fourth-order valence-corrected chi connectivity index (χ4v) is 7.96. The standard InChI is InChI=1S/C25H24FN3O3S2/c1-5-11-29-22(31)25(34-23(29)33)19(15-7-6-8-17(12-15)32-4)14-27(2)24(25)18-13-16(26)9-10-20(18)28(3)21(24)30/h5-10,12-13,19H,1,11,14H2,2-4H3/t19-,24+,25+/m0/s1. The van der Waals surface area contributed by atoms with Gasteiger partial charge in [0.25, 0.3) is 5.91 Å². The van der Waals surface area contributed by atoms with Crippen LogP contribution in [0.1, 0.15) is 17.0 Å². The summed E-state index contributed by atoms with van der Waals surface area (Å²) in [7, 11) is 5.07. The van der Waals surface area contributed by atoms with Crippen LogP contribution in [0.15, 0.2) is 55.1 Å². The second kappa shape index (κ2) is 7.90. The number of halogens is 1. The lowest BCUT2D eigenvalue weighted by atomic mass is 9.72. The number of thiocarbonyl (C=S) groups is 1. The molecule has 3 atom stereocenters. The van der Waals surface area contributed by atoms with Gasteiger partial charge in [-0.1, -0.05) is 42.2 Å². The zero-order valence-corrected chi connectivity index (χ0v) is 20.7. The first-order chi connectivity index (χ1) is 16.2. The smallest absolute Gasteiger partial charge is 0.254 e. The first kappa shape index (κ1) is 23.0. The number of amides is 2. The number of hydrogen-bond donors (Lipinski definition) is 0. The van der Waals surface area contributed by atoms with Gasteiger partial charge in [0.05, 0.1) is 7.11 Å². The molecule has 2 fully saturated rings. The fraction of sp³-hybridized carbons (Fsp3) is 0.320. The minimum absolute atomic E-state index is 0.233. The zero-order valence-electron chi connectivity index (χ0n) is 19.1. The number of likely N-dealkylation sites (tertiary alicyclic amines) is 1. The molecule has 2 aromatic carbocycles. The molecule has 2 spiro atoms. The molecule has 3 heterocycles. The summed E-state index contributed by atoms with van der Waals surface area (Å²) < 4.78 is 19.1. The summed E-state index contributed by atoms with van der Waals surface area (Å²) in [5.74, 6) is -0.762. The Morgan fingerprint density at radius 3 is 2.71 bits per heavy atom. The number of nitrogens with zero attached hydrogens (tertiary/aromatic N) is 3. The van der Waals surface area contributed by atoms with E-state index in [1.54, 1.807) is 26.3 Å². The highest BCUT2D eigenvalue weighted by atomic mass is 32.2. The van der Waals surface area contributed by atoms with Crippen LogP contribution in [0, 0.1) is 5.82 Å². The molecule has 176 valence electrons. The third-order valence-electron chi connectivity index (χ3n) is 7.22. The topological polar surface area (TPSA) is 53.1 Å². The van der Waals surface area contributed by atoms with Gasteiger partial charge < -0.3 is 9.64 Å². The van der Waals surface area contributed by atoms with Crippen LogP contribution < -0.4 is 9.64 Å². The van der Waals surface area contributed by atoms with Crippen LogP contribution in [0.2, 0.25) is 0 Å². The molecule has 3 aliphatic heterocycles. The number of methoxy groups -OCH3 is 1. The Balaban J connectivity index is 1.84. The molecule has 9 heteroatoms. The maximum absolute atomic E-state index is 14.6. The molecule has 0 aromatic heterocycles. The fourth-order valence-electron chi connectivity index (χ4n) is 5.81. The average Bonchev–Trinajstić information content (AvgIpc) is 3.33. The van der Waals surface area contributed by atoms with Gasteiger partial charge in [-0.3, -0.25) is 19.4 Å². The van der Waals surface area contributed by atoms with Gasteiger partial charge in [-0.05, 0) is 42.9 Å². The molecule has 6 nitrogen and oxygen atoms in total. The molecule has 0 radical (unpaired) electrons. The third-order valence-corrected chi connectivity index (χ3v) is 9.16. The van der Waals surface area contributed by atoms with Crippen molar-refractivity contribution in [2.45, 2.75) is 16.2 Å². The Labute approximate surface area is 207 Å². The molecule has 2 saturated heterocycles. The van der Waals surface area contributed by atoms with E-state index >= 15 is 0 Å². The van der Waals surface area contributed by atoms with Crippen molar-refractivity contribution in [3.05, 3.63) is 72.1 Å². The van der Waals surface area contributed by atoms with E-state index in [1.807, 2.05) is 36.2 Å². The molecule has 2 amide bonds. The van der Waals surface area contributed by atoms with E-state index in [-0.39, 0.29) is 18.4 Å². The van der Waals surface area contributed by atoms with E-state index in [0.717, 1.165) is 5.56 Å². The van der Waals surface area contributed by atoms with Crippen LogP contribution in [0.4, 0.5) is 10.1 Å². The van der Waals surface area contributed by atoms with E-state index in [4.69, 9.17) is 17.0 Å². The summed E-state index contributed by atoms with van der Waals surface area (Å²) in [4.78, 5) is 33.5. The minimum Gasteiger partial charge on any atom is -0.497 e. The number of benzene rings is 2. The Morgan fingerprint density at radius 1 is 1.24 bits per heavy atom. The van der Waals surface area contributed by atoms with Gasteiger partial charge in [-0.25, -0.2) is 4.39 Å². The first-order valence-electron chi connectivity index (χ1n) is 10.8. The second-order valence-electron chi connectivity index (χ2n) is 8.75. The van der Waals surface area contributed by atoms with Gasteiger partial charge in [0.1, 0.15) is 20.6 Å². The number of hydrogen-bond acceptors (Lipinski definition) is 6. The largest absolute Gasteiger partial charge is 0.497 e. The van der Waals surface area contributed by atoms with Crippen LogP contribution in [0.5, 0.6) is 5.75 Å². The minimum atomic E-state index is -1.44. The predicted molar refractivity (Wildman–Crippen MR) is 135 cm³/mol. The summed E-state index contributed by atoms with van der Waals surface area (Å²) in [6.45, 7) is 4.40. The summed E-state index contributed by atoms with van der Waals surface area (Å²) in [5, 5.41) is 0. The van der Waals surface area contributed by atoms with Gasteiger partial charge in [-0.2, -0.15) is 0 Å². The Kier molecular flexibility index (Phi) is 5.34. The van der Waals surface area contributed by atoms with E-state index < -0.39 is 22.0 Å². The normalized spacial score (nSPS) is 28.5. The lowest BCUT2D eigenvalue weighted by Gasteiger charge is -2.42. The van der Waals surface area contributed by atoms with Gasteiger partial charge in [-0.15, -0.1) is 6.58 Å². The van der Waals surface area contributed by atoms with Gasteiger partial charge in [0.2, 0.25) is 5.91 Å². The number of likely N-dealkylation sites (N-methyl/N-ethyl adjacent to an activating group) is 2. The Hall–Kier alpha value is -2.75. The molecule has 0 unspecified atom stereocenters. The van der Waals surface area contributed by atoms with Crippen LogP contribution in [0.3, 0.4) is 0 Å². The maximum atomic E-state index is 14.6. The Bertz CT molecular complexity index is 1250. The molecule has 0 N–H and O–H groups in total. The van der Waals surface area contributed by atoms with E-state index in [1.165, 1.54) is 33.7 Å². The van der Waals surface area contributed by atoms with Gasteiger partial charge >= 0.3 is 0 Å². The zero-order chi connectivity index (χ0) is 24.4. The van der Waals surface area contributed by atoms with Crippen molar-refractivity contribution in [2.24, 2.45) is 0 Å². The highest BCUT2D eigenvalue weighted by molar-refractivity contribution is 8.25. The number of carbonyl (C=O) groups is 2. The van der Waals surface area contributed by atoms with Crippen molar-refractivity contribution in [2.75, 3.05) is 39.2 Å². The van der Waals surface area contributed by atoms with Gasteiger partial charge in [0.15, 0.2) is 5.54 Å². The second-order valence-corrected chi connectivity index (χ2v) is 10.6. The van der Waals surface area contributed by atoms with Crippen molar-refractivity contribution in [1.82, 2.24) is 9.80 Å². The number of rotatable bonds is 4. The number of anilines is 1. The average molecular weight is 498 g/mol. The quantitative estimate of drug-likeness (QED) is 0.476. The first-order valence-corrected chi connectivity index (χ1v) is 12.1. The summed E-state index contributed by atoms with van der Waals surface area (Å²) in [6.07, 6.45) is 1.62. The molecule has 2 aromatic rings. The lowest BCUT2D eigenvalue weighted by molar-refractivity contribution is -0.138. The molecule has 0 bridgehead atoms. The van der Waals surface area contributed by atoms with Crippen molar-refractivity contribution >= 4 is 45.8 Å². The maximum Gasteiger partial charge on any atom is 0.254 e. The highest BCUT2D eigenvalue weighted by Gasteiger charge is 2.78. The number of ether oxygens (including phenoxy) is 1. The summed E-state index contributed by atoms with van der Waals surface area (Å²) >= 11 is 6.90. The molecule has 3 aliphatic rings. The van der Waals surface area contributed by atoms with Crippen LogP contribution in [0.25, 0.3) is 0 Å². The summed E-state index contributed by atoms with van der Waals surface area (Å²) in [6, 6.07) is 11.8. The SMILES string of the molecule is C=CCN1C(=O)[C@]2(SC1=S)[C@H](c1cccc(OC)c1)CN(C)[C@]21C(=O)N(C)c2ccc(F)cc21. The van der Waals surface area contributed by atoms with Crippen LogP contribution >= 0.6 is 24.0 Å². The Morgan fingerprint density at radius 2 is 2.00 bits per heavy atom. The number of carbonyl (C=O) groups excluding carboxylic acids is 2. The molecule has 34 heavy (non-hydrogen) atoms. The van der Waals surface area contributed by atoms with Crippen molar-refractivity contribution in [3.63, 3.8) is 0 Å². The van der Waals surface area contributed by atoms with Crippen molar-refractivity contribution < 1.29 is 18.7 Å².